The van der Waals surface area contributed by atoms with E-state index in [2.05, 4.69) is 0 Å². The summed E-state index contributed by atoms with van der Waals surface area (Å²) in [7, 11) is -4.47. The second kappa shape index (κ2) is 11.7. The number of alkyl halides is 1. The van der Waals surface area contributed by atoms with Gasteiger partial charge in [-0.3, -0.25) is 23.4 Å². The molecule has 2 fully saturated rings. The van der Waals surface area contributed by atoms with Crippen LogP contribution in [0.4, 0.5) is 9.18 Å². The maximum Gasteiger partial charge on any atom is 0.510 e. The van der Waals surface area contributed by atoms with Crippen molar-refractivity contribution in [2.45, 2.75) is 43.2 Å². The third-order valence-electron chi connectivity index (χ3n) is 6.26. The summed E-state index contributed by atoms with van der Waals surface area (Å²) in [5, 5.41) is 22.0. The Labute approximate surface area is 220 Å². The number of rotatable bonds is 11. The van der Waals surface area contributed by atoms with E-state index in [9.17, 15) is 33.6 Å². The maximum absolute atomic E-state index is 14.6. The van der Waals surface area contributed by atoms with E-state index in [-0.39, 0.29) is 19.8 Å². The lowest BCUT2D eigenvalue weighted by molar-refractivity contribution is -0.121. The molecule has 3 N–H and O–H groups in total. The van der Waals surface area contributed by atoms with Crippen molar-refractivity contribution < 1.29 is 52.0 Å². The molecule has 0 bridgehead atoms. The molecule has 0 saturated carbocycles. The van der Waals surface area contributed by atoms with Crippen LogP contribution in [0.3, 0.4) is 0 Å². The molecule has 14 nitrogen and oxygen atoms in total. The van der Waals surface area contributed by atoms with Crippen molar-refractivity contribution in [2.75, 3.05) is 32.8 Å². The highest BCUT2D eigenvalue weighted by molar-refractivity contribution is 7.53. The number of H-pyrrole nitrogens is 1. The normalized spacial score (nSPS) is 28.4. The third kappa shape index (κ3) is 6.47. The third-order valence-corrected chi connectivity index (χ3v) is 8.20. The predicted octanol–water partition coefficient (Wildman–Crippen LogP) is 0.822. The van der Waals surface area contributed by atoms with Gasteiger partial charge >= 0.3 is 19.4 Å². The van der Waals surface area contributed by atoms with Crippen LogP contribution in [0.25, 0.3) is 0 Å². The number of nitrogens with one attached hydrogen (secondary N) is 1. The molecule has 39 heavy (non-hydrogen) atoms. The first-order valence-electron chi connectivity index (χ1n) is 11.8. The van der Waals surface area contributed by atoms with Gasteiger partial charge in [-0.05, 0) is 12.5 Å². The Morgan fingerprint density at radius 3 is 2.56 bits per heavy atom. The number of hydrogen-bond acceptors (Lipinski definition) is 12. The van der Waals surface area contributed by atoms with Crippen LogP contribution in [0.2, 0.25) is 0 Å². The Morgan fingerprint density at radius 2 is 1.95 bits per heavy atom. The Balaban J connectivity index is 1.56. The number of aliphatic hydroxyl groups excluding tert-OH is 1. The first-order valence-corrected chi connectivity index (χ1v) is 13.5. The van der Waals surface area contributed by atoms with Gasteiger partial charge in [0.15, 0.2) is 12.3 Å². The SMILES string of the molecule is C[C@@]1(O)[C@H](O)[C@@](CF)(CP(=O)(OCOC(=O)OC2COC2)OCc2ccccc2)O[C@H]1n1ccc(=O)[nH]c1=O. The quantitative estimate of drug-likeness (QED) is 0.195. The molecule has 16 heteroatoms. The summed E-state index contributed by atoms with van der Waals surface area (Å²) in [4.78, 5) is 37.6. The molecule has 1 aromatic heterocycles. The van der Waals surface area contributed by atoms with Crippen molar-refractivity contribution in [1.29, 1.82) is 0 Å². The molecular formula is C23H28FN2O12P. The first-order chi connectivity index (χ1) is 18.5. The summed E-state index contributed by atoms with van der Waals surface area (Å²) in [5.41, 5.74) is -5.87. The largest absolute Gasteiger partial charge is 0.510 e. The molecule has 5 atom stereocenters. The lowest BCUT2D eigenvalue weighted by atomic mass is 9.89. The van der Waals surface area contributed by atoms with Gasteiger partial charge in [-0.25, -0.2) is 14.0 Å². The Hall–Kier alpha value is -2.91. The highest BCUT2D eigenvalue weighted by atomic mass is 31.2. The van der Waals surface area contributed by atoms with Crippen molar-refractivity contribution in [3.05, 3.63) is 69.0 Å². The lowest BCUT2D eigenvalue weighted by Gasteiger charge is -2.33. The number of carbonyl (C=O) groups excluding carboxylic acids is 1. The van der Waals surface area contributed by atoms with Gasteiger partial charge in [0.2, 0.25) is 6.79 Å². The summed E-state index contributed by atoms with van der Waals surface area (Å²) in [6.45, 7) is -1.22. The molecule has 0 spiro atoms. The molecule has 0 radical (unpaired) electrons. The van der Waals surface area contributed by atoms with Gasteiger partial charge in [0.05, 0.1) is 26.0 Å². The number of ether oxygens (including phenoxy) is 4. The van der Waals surface area contributed by atoms with Gasteiger partial charge in [-0.2, -0.15) is 0 Å². The number of carbonyl (C=O) groups is 1. The zero-order chi connectivity index (χ0) is 28.3. The summed E-state index contributed by atoms with van der Waals surface area (Å²) in [6.07, 6.45) is -5.34. The predicted molar refractivity (Wildman–Crippen MR) is 129 cm³/mol. The van der Waals surface area contributed by atoms with Crippen LogP contribution in [-0.4, -0.2) is 82.2 Å². The number of benzene rings is 1. The van der Waals surface area contributed by atoms with Crippen LogP contribution >= 0.6 is 7.60 Å². The second-order valence-electron chi connectivity index (χ2n) is 9.26. The summed E-state index contributed by atoms with van der Waals surface area (Å²) in [5.74, 6) is 0. The highest BCUT2D eigenvalue weighted by Crippen LogP contribution is 2.56. The maximum atomic E-state index is 14.6. The van der Waals surface area contributed by atoms with Gasteiger partial charge in [0.1, 0.15) is 24.0 Å². The number of aromatic nitrogens is 2. The van der Waals surface area contributed by atoms with Crippen molar-refractivity contribution >= 4 is 13.8 Å². The van der Waals surface area contributed by atoms with Gasteiger partial charge < -0.3 is 33.7 Å². The Kier molecular flexibility index (Phi) is 8.71. The van der Waals surface area contributed by atoms with Gasteiger partial charge in [0, 0.05) is 12.3 Å². The van der Waals surface area contributed by atoms with E-state index >= 15 is 0 Å². The Morgan fingerprint density at radius 1 is 1.23 bits per heavy atom. The average molecular weight is 574 g/mol. The second-order valence-corrected chi connectivity index (χ2v) is 11.3. The van der Waals surface area contributed by atoms with Crippen molar-refractivity contribution in [3.63, 3.8) is 0 Å². The summed E-state index contributed by atoms with van der Waals surface area (Å²) < 4.78 is 60.3. The summed E-state index contributed by atoms with van der Waals surface area (Å²) in [6, 6.07) is 9.43. The van der Waals surface area contributed by atoms with E-state index in [1.54, 1.807) is 30.3 Å². The van der Waals surface area contributed by atoms with Crippen LogP contribution in [0.5, 0.6) is 0 Å². The summed E-state index contributed by atoms with van der Waals surface area (Å²) >= 11 is 0. The molecule has 1 unspecified atom stereocenters. The van der Waals surface area contributed by atoms with Crippen LogP contribution < -0.4 is 11.2 Å². The topological polar surface area (TPSA) is 185 Å². The zero-order valence-electron chi connectivity index (χ0n) is 20.8. The first kappa shape index (κ1) is 29.1. The number of aliphatic hydroxyl groups is 2. The average Bonchev–Trinajstić information content (AvgIpc) is 3.07. The molecule has 2 aliphatic heterocycles. The molecule has 0 aliphatic carbocycles. The smallest absolute Gasteiger partial charge is 0.426 e. The van der Waals surface area contributed by atoms with Crippen LogP contribution in [0.15, 0.2) is 52.2 Å². The van der Waals surface area contributed by atoms with E-state index in [4.69, 9.17) is 28.0 Å². The molecule has 1 aromatic carbocycles. The highest BCUT2D eigenvalue weighted by Gasteiger charge is 2.64. The lowest BCUT2D eigenvalue weighted by Crippen LogP contribution is -2.53. The number of hydrogen-bond donors (Lipinski definition) is 3. The standard InChI is InChI=1S/C23H28FN2O12P/c1-22(31)18(28)23(12-24,38-19(22)26-8-7-17(27)25-20(26)29)13-39(32,35-9-15-5-3-2-4-6-15)36-14-34-21(30)37-16-10-33-11-16/h2-8,16,18-19,28,31H,9-14H2,1H3,(H,25,27,29)/t18-,19+,22+,23+,39?/m0/s1. The van der Waals surface area contributed by atoms with Crippen molar-refractivity contribution in [3.8, 4) is 0 Å². The molecule has 0 amide bonds. The molecule has 2 aromatic rings. The number of halogens is 1. The molecular weight excluding hydrogens is 546 g/mol. The van der Waals surface area contributed by atoms with E-state index in [1.807, 2.05) is 4.98 Å². The fraction of sp³-hybridized carbons (Fsp3) is 0.522. The molecule has 2 aliphatic rings. The fourth-order valence-electron chi connectivity index (χ4n) is 4.11. The zero-order valence-corrected chi connectivity index (χ0v) is 21.7. The minimum atomic E-state index is -4.47. The Bertz CT molecular complexity index is 1310. The van der Waals surface area contributed by atoms with Gasteiger partial charge in [0.25, 0.3) is 5.56 Å². The van der Waals surface area contributed by atoms with Crippen LogP contribution in [0, 0.1) is 0 Å². The van der Waals surface area contributed by atoms with Crippen molar-refractivity contribution in [1.82, 2.24) is 9.55 Å². The minimum Gasteiger partial charge on any atom is -0.426 e. The van der Waals surface area contributed by atoms with Crippen LogP contribution in [0.1, 0.15) is 18.7 Å². The van der Waals surface area contributed by atoms with E-state index in [1.165, 1.54) is 0 Å². The van der Waals surface area contributed by atoms with E-state index in [0.29, 0.717) is 5.56 Å². The number of aromatic amines is 1. The molecule has 4 rings (SSSR count). The number of nitrogens with zero attached hydrogens (tertiary/aromatic N) is 1. The fourth-order valence-corrected chi connectivity index (χ4v) is 5.91. The van der Waals surface area contributed by atoms with E-state index < -0.39 is 74.3 Å². The van der Waals surface area contributed by atoms with Gasteiger partial charge in [-0.1, -0.05) is 30.3 Å². The van der Waals surface area contributed by atoms with E-state index in [0.717, 1.165) is 23.8 Å². The van der Waals surface area contributed by atoms with Crippen molar-refractivity contribution in [2.24, 2.45) is 0 Å². The minimum absolute atomic E-state index is 0.197. The van der Waals surface area contributed by atoms with Crippen LogP contribution in [-0.2, 0) is 39.2 Å². The monoisotopic (exact) mass is 574 g/mol. The molecule has 2 saturated heterocycles. The molecule has 3 heterocycles. The molecule has 214 valence electrons. The van der Waals surface area contributed by atoms with Gasteiger partial charge in [-0.15, -0.1) is 0 Å².